The zero-order chi connectivity index (χ0) is 15.6. The summed E-state index contributed by atoms with van der Waals surface area (Å²) >= 11 is 0. The third-order valence-corrected chi connectivity index (χ3v) is 5.14. The van der Waals surface area contributed by atoms with Crippen LogP contribution in [0, 0.1) is 18.2 Å². The molecular weight excluding hydrogens is 295 g/mol. The minimum atomic E-state index is -3.17. The molecule has 1 fully saturated rings. The molecular formula is C14H15FN2O3S. The predicted molar refractivity (Wildman–Crippen MR) is 77.7 cm³/mol. The lowest BCUT2D eigenvalue weighted by molar-refractivity contribution is 0.0719. The molecule has 1 aliphatic heterocycles. The van der Waals surface area contributed by atoms with Gasteiger partial charge in [0.1, 0.15) is 5.82 Å². The number of nitrogen functional groups attached to an aromatic ring is 1. The van der Waals surface area contributed by atoms with E-state index in [0.717, 1.165) is 6.07 Å². The molecule has 112 valence electrons. The van der Waals surface area contributed by atoms with Crippen molar-refractivity contribution in [2.75, 3.05) is 23.8 Å². The number of carbonyl (C=O) groups excluding carboxylic acids is 1. The summed E-state index contributed by atoms with van der Waals surface area (Å²) < 4.78 is 36.9. The molecule has 21 heavy (non-hydrogen) atoms. The van der Waals surface area contributed by atoms with Gasteiger partial charge in [-0.15, -0.1) is 6.42 Å². The molecule has 1 aromatic rings. The molecule has 0 saturated carbocycles. The zero-order valence-corrected chi connectivity index (χ0v) is 12.1. The summed E-state index contributed by atoms with van der Waals surface area (Å²) in [5.74, 6) is 0.820. The number of carbonyl (C=O) groups is 1. The van der Waals surface area contributed by atoms with Crippen LogP contribution in [0.4, 0.5) is 10.1 Å². The molecule has 1 atom stereocenters. The Bertz CT molecular complexity index is 709. The fourth-order valence-electron chi connectivity index (χ4n) is 2.35. The van der Waals surface area contributed by atoms with Crippen LogP contribution in [0.5, 0.6) is 0 Å². The molecule has 1 heterocycles. The standard InChI is InChI=1S/C14H15FN2O3S/c1-2-6-17(11-5-7-21(19,20)9-11)14(18)12-8-10(16)3-4-13(12)15/h1,3-4,8,11H,5-7,9,16H2. The van der Waals surface area contributed by atoms with Gasteiger partial charge in [0.15, 0.2) is 9.84 Å². The lowest BCUT2D eigenvalue weighted by atomic mass is 10.1. The van der Waals surface area contributed by atoms with E-state index in [0.29, 0.717) is 6.42 Å². The van der Waals surface area contributed by atoms with Crippen LogP contribution in [0.15, 0.2) is 18.2 Å². The summed E-state index contributed by atoms with van der Waals surface area (Å²) in [7, 11) is -3.17. The number of amides is 1. The van der Waals surface area contributed by atoms with E-state index in [4.69, 9.17) is 12.2 Å². The van der Waals surface area contributed by atoms with Crippen molar-refractivity contribution >= 4 is 21.4 Å². The second-order valence-corrected chi connectivity index (χ2v) is 7.16. The maximum Gasteiger partial charge on any atom is 0.257 e. The number of halogens is 1. The number of terminal acetylenes is 1. The average molecular weight is 310 g/mol. The number of nitrogens with two attached hydrogens (primary N) is 1. The molecule has 0 aliphatic carbocycles. The van der Waals surface area contributed by atoms with Gasteiger partial charge in [-0.25, -0.2) is 12.8 Å². The first-order chi connectivity index (χ1) is 9.84. The molecule has 5 nitrogen and oxygen atoms in total. The van der Waals surface area contributed by atoms with Gasteiger partial charge in [0, 0.05) is 11.7 Å². The van der Waals surface area contributed by atoms with E-state index in [9.17, 15) is 17.6 Å². The number of benzene rings is 1. The first-order valence-corrected chi connectivity index (χ1v) is 8.16. The molecule has 1 aromatic carbocycles. The van der Waals surface area contributed by atoms with E-state index >= 15 is 0 Å². The Morgan fingerprint density at radius 3 is 2.81 bits per heavy atom. The van der Waals surface area contributed by atoms with E-state index in [1.807, 2.05) is 0 Å². The third-order valence-electron chi connectivity index (χ3n) is 3.39. The normalized spacial score (nSPS) is 19.9. The summed E-state index contributed by atoms with van der Waals surface area (Å²) in [5, 5.41) is 0. The minimum Gasteiger partial charge on any atom is -0.399 e. The maximum absolute atomic E-state index is 13.8. The van der Waals surface area contributed by atoms with Crippen molar-refractivity contribution in [2.45, 2.75) is 12.5 Å². The molecule has 1 saturated heterocycles. The highest BCUT2D eigenvalue weighted by Crippen LogP contribution is 2.21. The number of rotatable bonds is 3. The molecule has 0 aromatic heterocycles. The van der Waals surface area contributed by atoms with Crippen molar-refractivity contribution < 1.29 is 17.6 Å². The molecule has 2 rings (SSSR count). The van der Waals surface area contributed by atoms with Gasteiger partial charge in [-0.05, 0) is 24.6 Å². The molecule has 1 unspecified atom stereocenters. The Labute approximate surface area is 122 Å². The summed E-state index contributed by atoms with van der Waals surface area (Å²) in [5.41, 5.74) is 5.61. The van der Waals surface area contributed by atoms with Gasteiger partial charge in [-0.1, -0.05) is 5.92 Å². The van der Waals surface area contributed by atoms with Crippen molar-refractivity contribution in [3.05, 3.63) is 29.6 Å². The van der Waals surface area contributed by atoms with Crippen molar-refractivity contribution in [3.8, 4) is 12.3 Å². The van der Waals surface area contributed by atoms with Gasteiger partial charge < -0.3 is 10.6 Å². The summed E-state index contributed by atoms with van der Waals surface area (Å²) in [6, 6.07) is 3.14. The second-order valence-electron chi connectivity index (χ2n) is 4.93. The van der Waals surface area contributed by atoms with Crippen LogP contribution < -0.4 is 5.73 Å². The van der Waals surface area contributed by atoms with Crippen LogP contribution in [0.2, 0.25) is 0 Å². The van der Waals surface area contributed by atoms with Gasteiger partial charge in [-0.2, -0.15) is 0 Å². The van der Waals surface area contributed by atoms with Crippen LogP contribution in [0.3, 0.4) is 0 Å². The van der Waals surface area contributed by atoms with Crippen LogP contribution in [-0.4, -0.2) is 43.3 Å². The van der Waals surface area contributed by atoms with Crippen molar-refractivity contribution in [1.29, 1.82) is 0 Å². The van der Waals surface area contributed by atoms with Crippen molar-refractivity contribution in [1.82, 2.24) is 4.90 Å². The number of sulfone groups is 1. The Morgan fingerprint density at radius 1 is 1.52 bits per heavy atom. The highest BCUT2D eigenvalue weighted by Gasteiger charge is 2.35. The van der Waals surface area contributed by atoms with Crippen LogP contribution >= 0.6 is 0 Å². The number of hydrogen-bond donors (Lipinski definition) is 1. The summed E-state index contributed by atoms with van der Waals surface area (Å²) in [4.78, 5) is 13.7. The van der Waals surface area contributed by atoms with Gasteiger partial charge >= 0.3 is 0 Å². The number of nitrogens with zero attached hydrogens (tertiary/aromatic N) is 1. The molecule has 7 heteroatoms. The summed E-state index contributed by atoms with van der Waals surface area (Å²) in [6.45, 7) is -0.0761. The number of hydrogen-bond acceptors (Lipinski definition) is 4. The first kappa shape index (κ1) is 15.3. The predicted octanol–water partition coefficient (Wildman–Crippen LogP) is 0.670. The van der Waals surface area contributed by atoms with Crippen LogP contribution in [0.25, 0.3) is 0 Å². The van der Waals surface area contributed by atoms with Crippen molar-refractivity contribution in [2.24, 2.45) is 0 Å². The first-order valence-electron chi connectivity index (χ1n) is 6.34. The van der Waals surface area contributed by atoms with Gasteiger partial charge in [0.2, 0.25) is 0 Å². The van der Waals surface area contributed by atoms with Gasteiger partial charge in [0.25, 0.3) is 5.91 Å². The molecule has 1 amide bonds. The lowest BCUT2D eigenvalue weighted by Crippen LogP contribution is -2.41. The summed E-state index contributed by atoms with van der Waals surface area (Å²) in [6.07, 6.45) is 5.54. The van der Waals surface area contributed by atoms with E-state index in [-0.39, 0.29) is 29.3 Å². The Kier molecular flexibility index (Phi) is 4.19. The Morgan fingerprint density at radius 2 is 2.24 bits per heavy atom. The van der Waals surface area contributed by atoms with Crippen LogP contribution in [-0.2, 0) is 9.84 Å². The average Bonchev–Trinajstić information content (AvgIpc) is 2.78. The Hall–Kier alpha value is -2.07. The lowest BCUT2D eigenvalue weighted by Gasteiger charge is -2.26. The zero-order valence-electron chi connectivity index (χ0n) is 11.3. The second kappa shape index (κ2) is 5.74. The number of anilines is 1. The molecule has 0 radical (unpaired) electrons. The highest BCUT2D eigenvalue weighted by atomic mass is 32.2. The van der Waals surface area contributed by atoms with E-state index in [2.05, 4.69) is 5.92 Å². The monoisotopic (exact) mass is 310 g/mol. The maximum atomic E-state index is 13.8. The molecule has 0 spiro atoms. The minimum absolute atomic E-state index is 0.00539. The fraction of sp³-hybridized carbons (Fsp3) is 0.357. The van der Waals surface area contributed by atoms with E-state index in [1.54, 1.807) is 0 Å². The third kappa shape index (κ3) is 3.34. The largest absolute Gasteiger partial charge is 0.399 e. The molecule has 2 N–H and O–H groups in total. The SMILES string of the molecule is C#CCN(C(=O)c1cc(N)ccc1F)C1CCS(=O)(=O)C1. The molecule has 1 aliphatic rings. The van der Waals surface area contributed by atoms with Crippen LogP contribution in [0.1, 0.15) is 16.8 Å². The van der Waals surface area contributed by atoms with E-state index < -0.39 is 27.6 Å². The van der Waals surface area contributed by atoms with Gasteiger partial charge in [0.05, 0.1) is 23.6 Å². The quantitative estimate of drug-likeness (QED) is 0.657. The molecule has 0 bridgehead atoms. The van der Waals surface area contributed by atoms with E-state index in [1.165, 1.54) is 17.0 Å². The highest BCUT2D eigenvalue weighted by molar-refractivity contribution is 7.91. The smallest absolute Gasteiger partial charge is 0.257 e. The van der Waals surface area contributed by atoms with Crippen molar-refractivity contribution in [3.63, 3.8) is 0 Å². The topological polar surface area (TPSA) is 80.5 Å². The fourth-order valence-corrected chi connectivity index (χ4v) is 4.08. The van der Waals surface area contributed by atoms with Gasteiger partial charge in [-0.3, -0.25) is 4.79 Å². The Balaban J connectivity index is 2.32.